The van der Waals surface area contributed by atoms with Crippen molar-refractivity contribution >= 4 is 86.4 Å². The zero-order chi connectivity index (χ0) is 37.5. The van der Waals surface area contributed by atoms with Crippen LogP contribution in [0.1, 0.15) is 44.5 Å². The van der Waals surface area contributed by atoms with Crippen molar-refractivity contribution in [3.8, 4) is 11.5 Å². The molecule has 0 amide bonds. The number of benzene rings is 4. The SMILES string of the molecule is Cc1c(C)c(C)c2c(op(C)oc3c(C)c(C)c(C)c(C)c32)c1C.Cp1oc2c([Si](C)(C)C)ccc3c2c2c(ccc([Si](C)(C)C)c2o1)OCO3. The van der Waals surface area contributed by atoms with Crippen LogP contribution in [-0.4, -0.2) is 22.9 Å². The van der Waals surface area contributed by atoms with Crippen molar-refractivity contribution in [2.75, 3.05) is 6.79 Å². The lowest BCUT2D eigenvalue weighted by molar-refractivity contribution is 0.125. The Balaban J connectivity index is 0.000000177. The fraction of sp³-hybridized carbons (Fsp3) is 0.415. The highest BCUT2D eigenvalue weighted by molar-refractivity contribution is 7.35. The molecule has 0 radical (unpaired) electrons. The molecule has 0 atom stereocenters. The highest BCUT2D eigenvalue weighted by Gasteiger charge is 2.29. The highest BCUT2D eigenvalue weighted by Crippen LogP contribution is 2.44. The summed E-state index contributed by atoms with van der Waals surface area (Å²) < 4.78 is 37.5. The third-order valence-electron chi connectivity index (χ3n) is 10.9. The van der Waals surface area contributed by atoms with E-state index in [0.29, 0.717) is 0 Å². The van der Waals surface area contributed by atoms with Gasteiger partial charge in [-0.05, 0) is 122 Å². The Bertz CT molecular complexity index is 2310. The molecule has 10 heteroatoms. The summed E-state index contributed by atoms with van der Waals surface area (Å²) in [5, 5.41) is 7.04. The van der Waals surface area contributed by atoms with E-state index < -0.39 is 32.2 Å². The number of fused-ring (bicyclic) bond motifs is 3. The molecule has 0 N–H and O–H groups in total. The van der Waals surface area contributed by atoms with Crippen molar-refractivity contribution in [3.05, 3.63) is 68.8 Å². The number of hydrogen-bond donors (Lipinski definition) is 0. The van der Waals surface area contributed by atoms with E-state index in [-0.39, 0.29) is 6.79 Å². The third kappa shape index (κ3) is 6.41. The van der Waals surface area contributed by atoms with Crippen LogP contribution in [0.5, 0.6) is 11.5 Å². The van der Waals surface area contributed by atoms with Gasteiger partial charge in [0.1, 0.15) is 33.8 Å². The lowest BCUT2D eigenvalue weighted by atomic mass is 9.89. The molecule has 3 heterocycles. The van der Waals surface area contributed by atoms with Crippen LogP contribution >= 0.6 is 16.0 Å². The van der Waals surface area contributed by atoms with E-state index in [1.807, 2.05) is 13.3 Å². The van der Waals surface area contributed by atoms with Gasteiger partial charge in [0, 0.05) is 24.1 Å². The minimum absolute atomic E-state index is 0.193. The second kappa shape index (κ2) is 13.3. The van der Waals surface area contributed by atoms with E-state index in [1.54, 1.807) is 0 Å². The lowest BCUT2D eigenvalue weighted by Gasteiger charge is -2.19. The average Bonchev–Trinajstić information content (AvgIpc) is 3.41. The summed E-state index contributed by atoms with van der Waals surface area (Å²) in [6, 6.07) is 8.48. The predicted octanol–water partition coefficient (Wildman–Crippen LogP) is 12.9. The van der Waals surface area contributed by atoms with Crippen LogP contribution < -0.4 is 19.8 Å². The van der Waals surface area contributed by atoms with E-state index in [1.165, 1.54) is 65.7 Å². The predicted molar refractivity (Wildman–Crippen MR) is 225 cm³/mol. The molecule has 4 aromatic carbocycles. The van der Waals surface area contributed by atoms with Crippen LogP contribution in [0.3, 0.4) is 0 Å². The van der Waals surface area contributed by atoms with Gasteiger partial charge in [-0.25, -0.2) is 0 Å². The molecule has 0 saturated carbocycles. The number of hydrogen-bond acceptors (Lipinski definition) is 6. The van der Waals surface area contributed by atoms with Crippen molar-refractivity contribution in [1.82, 2.24) is 0 Å². The zero-order valence-corrected chi connectivity index (χ0v) is 37.1. The number of rotatable bonds is 2. The molecule has 0 aliphatic carbocycles. The van der Waals surface area contributed by atoms with Gasteiger partial charge in [-0.2, -0.15) is 0 Å². The molecule has 6 nitrogen and oxygen atoms in total. The monoisotopic (exact) mass is 760 g/mol. The van der Waals surface area contributed by atoms with Gasteiger partial charge in [0.25, 0.3) is 0 Å². The summed E-state index contributed by atoms with van der Waals surface area (Å²) in [6.07, 6.45) is 0. The lowest BCUT2D eigenvalue weighted by Crippen LogP contribution is -2.38. The Kier molecular flexibility index (Phi) is 9.76. The minimum atomic E-state index is -1.63. The van der Waals surface area contributed by atoms with Gasteiger partial charge in [0.15, 0.2) is 0 Å². The highest BCUT2D eigenvalue weighted by atomic mass is 31.1. The van der Waals surface area contributed by atoms with Crippen molar-refractivity contribution in [1.29, 1.82) is 0 Å². The topological polar surface area (TPSA) is 71.0 Å². The van der Waals surface area contributed by atoms with Crippen LogP contribution in [0.25, 0.3) is 43.9 Å². The smallest absolute Gasteiger partial charge is 0.230 e. The molecular weight excluding hydrogens is 707 g/mol. The molecule has 0 saturated heterocycles. The van der Waals surface area contributed by atoms with Crippen molar-refractivity contribution in [2.24, 2.45) is 13.3 Å². The molecule has 1 aliphatic rings. The van der Waals surface area contributed by atoms with E-state index >= 15 is 0 Å². The Labute approximate surface area is 306 Å². The standard InChI is InChI=1S/C21H27O2P.C20H27O4PSi2/c1-10-12(3)16(7)20-18(14(10)5)19-15(6)11(2)13(4)17(8)21(19)23-24(9)22-20;1-25-23-19-15(26(2,3)4)10-8-13-17(19)18-14(22-12-21-13)9-11-16(20(18)24-25)27(5,6)7/h1-9H3;8-11H,12H2,1-7H3. The van der Waals surface area contributed by atoms with E-state index in [9.17, 15) is 0 Å². The van der Waals surface area contributed by atoms with Crippen molar-refractivity contribution in [2.45, 2.75) is 94.7 Å². The summed E-state index contributed by atoms with van der Waals surface area (Å²) in [7, 11) is -5.34. The summed E-state index contributed by atoms with van der Waals surface area (Å²) in [5.74, 6) is 1.63. The van der Waals surface area contributed by atoms with Gasteiger partial charge in [-0.15, -0.1) is 0 Å². The molecule has 1 aliphatic heterocycles. The fourth-order valence-corrected chi connectivity index (χ4v) is 12.3. The van der Waals surface area contributed by atoms with E-state index in [2.05, 4.69) is 119 Å². The van der Waals surface area contributed by atoms with Gasteiger partial charge >= 0.3 is 0 Å². The molecule has 6 aromatic rings. The van der Waals surface area contributed by atoms with Gasteiger partial charge in [-0.1, -0.05) is 51.4 Å². The van der Waals surface area contributed by atoms with Gasteiger partial charge in [-0.3, -0.25) is 0 Å². The van der Waals surface area contributed by atoms with Gasteiger partial charge in [0.2, 0.25) is 22.8 Å². The first-order valence-corrected chi connectivity index (χ1v) is 28.0. The maximum Gasteiger partial charge on any atom is 0.230 e. The fourth-order valence-electron chi connectivity index (χ4n) is 7.31. The Hall–Kier alpha value is -3.29. The van der Waals surface area contributed by atoms with Crippen LogP contribution in [0.2, 0.25) is 39.3 Å². The second-order valence-corrected chi connectivity index (χ2v) is 28.8. The molecule has 0 unspecified atom stereocenters. The molecule has 0 fully saturated rings. The van der Waals surface area contributed by atoms with Crippen LogP contribution in [0, 0.1) is 55.4 Å². The third-order valence-corrected chi connectivity index (χ3v) is 16.7. The Morgan fingerprint density at radius 3 is 1.06 bits per heavy atom. The summed E-state index contributed by atoms with van der Waals surface area (Å²) in [4.78, 5) is 0. The van der Waals surface area contributed by atoms with Crippen LogP contribution in [-0.2, 0) is 13.3 Å². The summed E-state index contributed by atoms with van der Waals surface area (Å²) >= 11 is 0. The Morgan fingerprint density at radius 1 is 0.412 bits per heavy atom. The number of aryl methyl sites for hydroxylation is 6. The molecule has 0 spiro atoms. The average molecular weight is 761 g/mol. The van der Waals surface area contributed by atoms with Crippen LogP contribution in [0.4, 0.5) is 0 Å². The molecule has 272 valence electrons. The van der Waals surface area contributed by atoms with Gasteiger partial charge in [0.05, 0.1) is 26.9 Å². The Morgan fingerprint density at radius 2 is 0.725 bits per heavy atom. The first-order chi connectivity index (χ1) is 23.7. The van der Waals surface area contributed by atoms with Gasteiger partial charge < -0.3 is 26.3 Å². The zero-order valence-electron chi connectivity index (χ0n) is 33.4. The second-order valence-electron chi connectivity index (χ2n) is 16.2. The quantitative estimate of drug-likeness (QED) is 0.164. The normalized spacial score (nSPS) is 12.9. The molecular formula is C41H54O6P2Si2. The minimum Gasteiger partial charge on any atom is -0.457 e. The summed E-state index contributed by atoms with van der Waals surface area (Å²) in [5.41, 5.74) is 14.3. The molecule has 0 bridgehead atoms. The molecule has 7 rings (SSSR count). The van der Waals surface area contributed by atoms with Crippen molar-refractivity contribution < 1.29 is 26.3 Å². The van der Waals surface area contributed by atoms with Crippen LogP contribution in [0.15, 0.2) is 41.1 Å². The van der Waals surface area contributed by atoms with Crippen molar-refractivity contribution in [3.63, 3.8) is 0 Å². The van der Waals surface area contributed by atoms with E-state index in [4.69, 9.17) is 26.3 Å². The summed E-state index contributed by atoms with van der Waals surface area (Å²) in [6.45, 7) is 35.8. The first kappa shape index (κ1) is 37.5. The largest absolute Gasteiger partial charge is 0.457 e. The first-order valence-electron chi connectivity index (χ1n) is 17.7. The molecule has 2 aromatic heterocycles. The van der Waals surface area contributed by atoms with E-state index in [0.717, 1.165) is 44.6 Å². The molecule has 51 heavy (non-hydrogen) atoms. The maximum atomic E-state index is 6.45. The number of ether oxygens (including phenoxy) is 2. The maximum absolute atomic E-state index is 6.45.